The highest BCUT2D eigenvalue weighted by molar-refractivity contribution is 5.98. The number of carboxylic acid groups (broad SMARTS) is 1. The highest BCUT2D eigenvalue weighted by Crippen LogP contribution is 2.30. The molecule has 2 rings (SSSR count). The third-order valence-electron chi connectivity index (χ3n) is 4.21. The fourth-order valence-corrected chi connectivity index (χ4v) is 2.76. The molecule has 2 N–H and O–H groups in total. The second-order valence-corrected chi connectivity index (χ2v) is 6.00. The quantitative estimate of drug-likeness (QED) is 0.301. The van der Waals surface area contributed by atoms with Gasteiger partial charge in [-0.05, 0) is 17.7 Å². The minimum atomic E-state index is -1.57. The molecule has 2 aromatic carbocycles. The molecule has 0 saturated carbocycles. The number of nitrogens with one attached hydrogen (secondary N) is 1. The molecule has 9 heteroatoms. The number of nitro benzene ring substituents is 1. The van der Waals surface area contributed by atoms with Gasteiger partial charge in [-0.2, -0.15) is 0 Å². The predicted octanol–water partition coefficient (Wildman–Crippen LogP) is 2.29. The van der Waals surface area contributed by atoms with Crippen molar-refractivity contribution in [1.82, 2.24) is 5.32 Å². The van der Waals surface area contributed by atoms with Gasteiger partial charge in [0.25, 0.3) is 11.6 Å². The van der Waals surface area contributed by atoms with Crippen molar-refractivity contribution in [2.75, 3.05) is 7.11 Å². The van der Waals surface area contributed by atoms with Gasteiger partial charge in [-0.25, -0.2) is 9.59 Å². The van der Waals surface area contributed by atoms with E-state index < -0.39 is 34.7 Å². The number of nitrogens with zero attached hydrogens (tertiary/aromatic N) is 1. The molecule has 0 saturated heterocycles. The number of benzene rings is 2. The van der Waals surface area contributed by atoms with Crippen molar-refractivity contribution in [1.29, 1.82) is 0 Å². The van der Waals surface area contributed by atoms with Crippen LogP contribution < -0.4 is 5.32 Å². The van der Waals surface area contributed by atoms with Crippen molar-refractivity contribution in [3.05, 3.63) is 88.0 Å². The Morgan fingerprint density at radius 1 is 1.10 bits per heavy atom. The highest BCUT2D eigenvalue weighted by Gasteiger charge is 2.36. The molecule has 2 atom stereocenters. The number of amides is 1. The number of ether oxygens (including phenoxy) is 1. The summed E-state index contributed by atoms with van der Waals surface area (Å²) in [6, 6.07) is 11.3. The number of nitro groups is 1. The van der Waals surface area contributed by atoms with Crippen LogP contribution in [0.3, 0.4) is 0 Å². The number of methoxy groups -OCH3 is 1. The molecule has 0 aromatic heterocycles. The van der Waals surface area contributed by atoms with E-state index in [0.29, 0.717) is 0 Å². The van der Waals surface area contributed by atoms with Gasteiger partial charge in [0.05, 0.1) is 12.0 Å². The van der Waals surface area contributed by atoms with E-state index in [2.05, 4.69) is 16.6 Å². The van der Waals surface area contributed by atoms with E-state index in [-0.39, 0.29) is 22.4 Å². The van der Waals surface area contributed by atoms with Gasteiger partial charge < -0.3 is 15.2 Å². The number of carbonyl (C=O) groups excluding carboxylic acids is 2. The number of carbonyl (C=O) groups is 3. The first-order valence-corrected chi connectivity index (χ1v) is 8.36. The molecule has 0 aliphatic rings. The number of non-ortho nitro benzene ring substituents is 1. The number of carboxylic acids is 1. The first kappa shape index (κ1) is 21.3. The molecule has 0 heterocycles. The zero-order valence-corrected chi connectivity index (χ0v) is 15.4. The van der Waals surface area contributed by atoms with Crippen LogP contribution in [0, 0.1) is 10.1 Å². The van der Waals surface area contributed by atoms with Crippen LogP contribution in [-0.2, 0) is 14.3 Å². The van der Waals surface area contributed by atoms with E-state index in [4.69, 9.17) is 0 Å². The molecule has 150 valence electrons. The minimum absolute atomic E-state index is 0.212. The van der Waals surface area contributed by atoms with E-state index in [9.17, 15) is 29.6 Å². The van der Waals surface area contributed by atoms with Gasteiger partial charge in [-0.3, -0.25) is 14.9 Å². The first-order valence-electron chi connectivity index (χ1n) is 8.36. The van der Waals surface area contributed by atoms with Crippen LogP contribution >= 0.6 is 0 Å². The maximum Gasteiger partial charge on any atom is 0.333 e. The normalized spacial score (nSPS) is 12.3. The van der Waals surface area contributed by atoms with Crippen molar-refractivity contribution in [2.45, 2.75) is 12.0 Å². The summed E-state index contributed by atoms with van der Waals surface area (Å²) in [6.45, 7) is 3.62. The molecule has 0 bridgehead atoms. The van der Waals surface area contributed by atoms with Gasteiger partial charge in [0, 0.05) is 29.2 Å². The smallest absolute Gasteiger partial charge is 0.333 e. The Hall–Kier alpha value is -4.01. The molecule has 0 aliphatic heterocycles. The van der Waals surface area contributed by atoms with Crippen molar-refractivity contribution in [3.8, 4) is 0 Å². The molecule has 0 aliphatic carbocycles. The van der Waals surface area contributed by atoms with Gasteiger partial charge in [0.2, 0.25) is 0 Å². The van der Waals surface area contributed by atoms with E-state index in [1.807, 2.05) is 0 Å². The summed E-state index contributed by atoms with van der Waals surface area (Å²) in [7, 11) is 1.11. The molecular formula is C20H18N2O7. The number of aliphatic carboxylic acids is 1. The summed E-state index contributed by atoms with van der Waals surface area (Å²) in [5, 5.41) is 23.0. The molecule has 29 heavy (non-hydrogen) atoms. The van der Waals surface area contributed by atoms with Gasteiger partial charge in [0.1, 0.15) is 6.04 Å². The molecule has 2 aromatic rings. The Morgan fingerprint density at radius 3 is 2.17 bits per heavy atom. The standard InChI is InChI=1S/C20H18N2O7/c1-12(20(26)29-2)16(13-8-10-15(11-9-13)22(27)28)17(19(24)25)21-18(23)14-6-4-3-5-7-14/h3-11,16-17H,1H2,2H3,(H,21,23)(H,24,25)/t16-,17-/m1/s1. The number of hydrogen-bond acceptors (Lipinski definition) is 6. The molecule has 0 spiro atoms. The lowest BCUT2D eigenvalue weighted by Crippen LogP contribution is -2.46. The van der Waals surface area contributed by atoms with Crippen LogP contribution in [0.4, 0.5) is 5.69 Å². The van der Waals surface area contributed by atoms with E-state index in [1.54, 1.807) is 18.2 Å². The van der Waals surface area contributed by atoms with E-state index >= 15 is 0 Å². The second kappa shape index (κ2) is 9.27. The van der Waals surface area contributed by atoms with Gasteiger partial charge >= 0.3 is 11.9 Å². The number of rotatable bonds is 8. The van der Waals surface area contributed by atoms with Crippen molar-refractivity contribution < 1.29 is 29.2 Å². The lowest BCUT2D eigenvalue weighted by Gasteiger charge is -2.26. The average molecular weight is 398 g/mol. The lowest BCUT2D eigenvalue weighted by atomic mass is 9.85. The highest BCUT2D eigenvalue weighted by atomic mass is 16.6. The summed E-state index contributed by atoms with van der Waals surface area (Å²) in [6.07, 6.45) is 0. The number of hydrogen-bond donors (Lipinski definition) is 2. The van der Waals surface area contributed by atoms with Crippen LogP contribution in [0.5, 0.6) is 0 Å². The van der Waals surface area contributed by atoms with Crippen molar-refractivity contribution in [3.63, 3.8) is 0 Å². The zero-order chi connectivity index (χ0) is 21.6. The van der Waals surface area contributed by atoms with Crippen LogP contribution in [-0.4, -0.2) is 41.0 Å². The molecule has 0 fully saturated rings. The Labute approximate surface area is 165 Å². The van der Waals surface area contributed by atoms with Crippen LogP contribution in [0.1, 0.15) is 21.8 Å². The lowest BCUT2D eigenvalue weighted by molar-refractivity contribution is -0.384. The average Bonchev–Trinajstić information content (AvgIpc) is 2.73. The topological polar surface area (TPSA) is 136 Å². The summed E-state index contributed by atoms with van der Waals surface area (Å²) in [5.41, 5.74) is 0.0372. The molecule has 0 unspecified atom stereocenters. The van der Waals surface area contributed by atoms with Crippen LogP contribution in [0.15, 0.2) is 66.7 Å². The summed E-state index contributed by atoms with van der Waals surface area (Å²) in [4.78, 5) is 46.8. The van der Waals surface area contributed by atoms with E-state index in [0.717, 1.165) is 7.11 Å². The second-order valence-electron chi connectivity index (χ2n) is 6.00. The molecule has 1 amide bonds. The van der Waals surface area contributed by atoms with Gasteiger partial charge in [-0.1, -0.05) is 36.9 Å². The Balaban J connectivity index is 2.46. The fourth-order valence-electron chi connectivity index (χ4n) is 2.76. The van der Waals surface area contributed by atoms with Crippen molar-refractivity contribution in [2.24, 2.45) is 0 Å². The summed E-state index contributed by atoms with van der Waals surface area (Å²) < 4.78 is 4.64. The molecule has 0 radical (unpaired) electrons. The minimum Gasteiger partial charge on any atom is -0.480 e. The SMILES string of the molecule is C=C(C(=O)OC)[C@H](c1ccc([N+](=O)[O-])cc1)[C@@H](NC(=O)c1ccccc1)C(=O)O. The Morgan fingerprint density at radius 2 is 1.69 bits per heavy atom. The molecule has 9 nitrogen and oxygen atoms in total. The monoisotopic (exact) mass is 398 g/mol. The zero-order valence-electron chi connectivity index (χ0n) is 15.4. The van der Waals surface area contributed by atoms with E-state index in [1.165, 1.54) is 36.4 Å². The largest absolute Gasteiger partial charge is 0.480 e. The number of esters is 1. The van der Waals surface area contributed by atoms with Crippen molar-refractivity contribution >= 4 is 23.5 Å². The van der Waals surface area contributed by atoms with Crippen LogP contribution in [0.25, 0.3) is 0 Å². The molecular weight excluding hydrogens is 380 g/mol. The fraction of sp³-hybridized carbons (Fsp3) is 0.150. The summed E-state index contributed by atoms with van der Waals surface area (Å²) in [5.74, 6) is -4.16. The van der Waals surface area contributed by atoms with Crippen LogP contribution in [0.2, 0.25) is 0 Å². The third kappa shape index (κ3) is 5.04. The van der Waals surface area contributed by atoms with Gasteiger partial charge in [-0.15, -0.1) is 0 Å². The predicted molar refractivity (Wildman–Crippen MR) is 102 cm³/mol. The van der Waals surface area contributed by atoms with Gasteiger partial charge in [0.15, 0.2) is 0 Å². The third-order valence-corrected chi connectivity index (χ3v) is 4.21. The maximum absolute atomic E-state index is 12.5. The summed E-state index contributed by atoms with van der Waals surface area (Å²) >= 11 is 0. The first-order chi connectivity index (χ1) is 13.8. The maximum atomic E-state index is 12.5. The Kier molecular flexibility index (Phi) is 6.80. The Bertz CT molecular complexity index is 939.